The van der Waals surface area contributed by atoms with Crippen molar-refractivity contribution in [1.29, 1.82) is 0 Å². The summed E-state index contributed by atoms with van der Waals surface area (Å²) >= 11 is 0. The molecule has 0 saturated carbocycles. The number of esters is 1. The zero-order chi connectivity index (χ0) is 26.2. The van der Waals surface area contributed by atoms with Crippen LogP contribution < -0.4 is 0 Å². The van der Waals surface area contributed by atoms with Gasteiger partial charge in [0.05, 0.1) is 33.0 Å². The molecule has 0 N–H and O–H groups in total. The van der Waals surface area contributed by atoms with Gasteiger partial charge in [-0.3, -0.25) is 4.79 Å². The van der Waals surface area contributed by atoms with Crippen molar-refractivity contribution in [2.75, 3.05) is 46.2 Å². The lowest BCUT2D eigenvalue weighted by Gasteiger charge is -2.08. The maximum absolute atomic E-state index is 11.8. The molecule has 0 bridgehead atoms. The highest BCUT2D eigenvalue weighted by atomic mass is 16.6. The van der Waals surface area contributed by atoms with Crippen LogP contribution in [-0.4, -0.2) is 52.2 Å². The Bertz CT molecular complexity index is 380. The van der Waals surface area contributed by atoms with Gasteiger partial charge in [-0.2, -0.15) is 0 Å². The second-order valence-corrected chi connectivity index (χ2v) is 10.2. The molecule has 0 aliphatic carbocycles. The number of ether oxygens (including phenoxy) is 4. The average molecular weight is 515 g/mol. The third kappa shape index (κ3) is 31.4. The first-order chi connectivity index (χ1) is 17.8. The van der Waals surface area contributed by atoms with Crippen molar-refractivity contribution in [1.82, 2.24) is 0 Å². The first-order valence-electron chi connectivity index (χ1n) is 15.7. The summed E-state index contributed by atoms with van der Waals surface area (Å²) in [4.78, 5) is 11.8. The van der Waals surface area contributed by atoms with Gasteiger partial charge in [0.15, 0.2) is 0 Å². The Morgan fingerprint density at radius 1 is 0.389 bits per heavy atom. The van der Waals surface area contributed by atoms with E-state index in [9.17, 15) is 4.79 Å². The van der Waals surface area contributed by atoms with Crippen molar-refractivity contribution in [2.45, 2.75) is 149 Å². The summed E-state index contributed by atoms with van der Waals surface area (Å²) in [6.07, 6.45) is 26.8. The predicted molar refractivity (Wildman–Crippen MR) is 152 cm³/mol. The van der Waals surface area contributed by atoms with Crippen LogP contribution in [0.15, 0.2) is 0 Å². The molecule has 5 heteroatoms. The van der Waals surface area contributed by atoms with Gasteiger partial charge in [0.2, 0.25) is 0 Å². The van der Waals surface area contributed by atoms with Gasteiger partial charge in [0.25, 0.3) is 0 Å². The minimum absolute atomic E-state index is 0.101. The minimum Gasteiger partial charge on any atom is -0.463 e. The van der Waals surface area contributed by atoms with Crippen LogP contribution in [0.1, 0.15) is 149 Å². The van der Waals surface area contributed by atoms with Crippen LogP contribution in [0.2, 0.25) is 0 Å². The van der Waals surface area contributed by atoms with E-state index in [0.29, 0.717) is 46.1 Å². The van der Waals surface area contributed by atoms with Crippen LogP contribution in [0.5, 0.6) is 0 Å². The van der Waals surface area contributed by atoms with Crippen LogP contribution in [-0.2, 0) is 23.7 Å². The zero-order valence-corrected chi connectivity index (χ0v) is 24.3. The number of hydrogen-bond acceptors (Lipinski definition) is 5. The average Bonchev–Trinajstić information content (AvgIpc) is 2.88. The smallest absolute Gasteiger partial charge is 0.305 e. The Hall–Kier alpha value is -0.650. The van der Waals surface area contributed by atoms with Gasteiger partial charge in [-0.15, -0.1) is 0 Å². The van der Waals surface area contributed by atoms with Crippen molar-refractivity contribution in [3.8, 4) is 0 Å². The summed E-state index contributed by atoms with van der Waals surface area (Å²) in [5, 5.41) is 0. The van der Waals surface area contributed by atoms with E-state index in [1.54, 1.807) is 0 Å². The number of rotatable bonds is 31. The van der Waals surface area contributed by atoms with Gasteiger partial charge in [-0.05, 0) is 12.8 Å². The molecule has 216 valence electrons. The van der Waals surface area contributed by atoms with Gasteiger partial charge in [-0.25, -0.2) is 0 Å². The van der Waals surface area contributed by atoms with Crippen LogP contribution in [0.3, 0.4) is 0 Å². The molecule has 0 aromatic carbocycles. The van der Waals surface area contributed by atoms with E-state index in [1.165, 1.54) is 109 Å². The summed E-state index contributed by atoms with van der Waals surface area (Å²) < 4.78 is 21.7. The molecule has 0 saturated heterocycles. The number of unbranched alkanes of at least 4 members (excludes halogenated alkanes) is 18. The van der Waals surface area contributed by atoms with Crippen molar-refractivity contribution in [2.24, 2.45) is 0 Å². The minimum atomic E-state index is -0.101. The number of carbonyl (C=O) groups excluding carboxylic acids is 1. The highest BCUT2D eigenvalue weighted by Gasteiger charge is 2.03. The molecular formula is C31H62O5. The summed E-state index contributed by atoms with van der Waals surface area (Å²) in [5.74, 6) is -0.101. The van der Waals surface area contributed by atoms with Crippen molar-refractivity contribution in [3.05, 3.63) is 0 Å². The quantitative estimate of drug-likeness (QED) is 0.0683. The molecule has 0 aliphatic heterocycles. The monoisotopic (exact) mass is 514 g/mol. The molecular weight excluding hydrogens is 452 g/mol. The van der Waals surface area contributed by atoms with Gasteiger partial charge >= 0.3 is 5.97 Å². The topological polar surface area (TPSA) is 54.0 Å². The third-order valence-electron chi connectivity index (χ3n) is 6.61. The first-order valence-corrected chi connectivity index (χ1v) is 15.7. The highest BCUT2D eigenvalue weighted by molar-refractivity contribution is 5.69. The summed E-state index contributed by atoms with van der Waals surface area (Å²) in [5.41, 5.74) is 0. The number of carbonyl (C=O) groups is 1. The van der Waals surface area contributed by atoms with E-state index in [4.69, 9.17) is 18.9 Å². The zero-order valence-electron chi connectivity index (χ0n) is 24.3. The molecule has 0 heterocycles. The molecule has 0 amide bonds. The molecule has 0 spiro atoms. The lowest BCUT2D eigenvalue weighted by Crippen LogP contribution is -2.14. The lowest BCUT2D eigenvalue weighted by molar-refractivity contribution is -0.145. The summed E-state index contributed by atoms with van der Waals surface area (Å²) in [6.45, 7) is 8.42. The lowest BCUT2D eigenvalue weighted by atomic mass is 10.0. The van der Waals surface area contributed by atoms with Crippen molar-refractivity contribution in [3.63, 3.8) is 0 Å². The summed E-state index contributed by atoms with van der Waals surface area (Å²) in [6, 6.07) is 0. The normalized spacial score (nSPS) is 11.3. The van der Waals surface area contributed by atoms with Crippen LogP contribution in [0.25, 0.3) is 0 Å². The van der Waals surface area contributed by atoms with E-state index in [1.807, 2.05) is 0 Å². The SMILES string of the molecule is CCCCCCCCCCCCCCCCCC(=O)OCCOCCOCCOCCCCCCC. The Balaban J connectivity index is 3.14. The fraction of sp³-hybridized carbons (Fsp3) is 0.968. The maximum atomic E-state index is 11.8. The molecule has 36 heavy (non-hydrogen) atoms. The van der Waals surface area contributed by atoms with Crippen molar-refractivity contribution >= 4 is 5.97 Å². The van der Waals surface area contributed by atoms with E-state index in [-0.39, 0.29) is 5.97 Å². The van der Waals surface area contributed by atoms with Crippen LogP contribution in [0.4, 0.5) is 0 Å². The van der Waals surface area contributed by atoms with Crippen LogP contribution in [0, 0.1) is 0 Å². The number of hydrogen-bond donors (Lipinski definition) is 0. The molecule has 0 aliphatic rings. The Labute approximate surface area is 224 Å². The first kappa shape index (κ1) is 35.4. The Morgan fingerprint density at radius 3 is 1.17 bits per heavy atom. The third-order valence-corrected chi connectivity index (χ3v) is 6.61. The van der Waals surface area contributed by atoms with Gasteiger partial charge in [0.1, 0.15) is 6.61 Å². The second kappa shape index (κ2) is 32.4. The predicted octanol–water partition coefficient (Wildman–Crippen LogP) is 8.81. The molecule has 0 aromatic rings. The molecule has 0 atom stereocenters. The fourth-order valence-electron chi connectivity index (χ4n) is 4.28. The van der Waals surface area contributed by atoms with Gasteiger partial charge in [0, 0.05) is 13.0 Å². The maximum Gasteiger partial charge on any atom is 0.305 e. The summed E-state index contributed by atoms with van der Waals surface area (Å²) in [7, 11) is 0. The second-order valence-electron chi connectivity index (χ2n) is 10.2. The molecule has 0 fully saturated rings. The fourth-order valence-corrected chi connectivity index (χ4v) is 4.28. The van der Waals surface area contributed by atoms with E-state index in [2.05, 4.69) is 13.8 Å². The van der Waals surface area contributed by atoms with E-state index < -0.39 is 0 Å². The standard InChI is InChI=1S/C31H62O5/c1-3-5-7-9-10-11-12-13-14-15-16-17-18-19-21-23-31(32)36-30-29-35-28-27-34-26-25-33-24-22-20-8-6-4-2/h3-30H2,1-2H3. The van der Waals surface area contributed by atoms with E-state index in [0.717, 1.165) is 25.9 Å². The van der Waals surface area contributed by atoms with Gasteiger partial charge < -0.3 is 18.9 Å². The Morgan fingerprint density at radius 2 is 0.722 bits per heavy atom. The molecule has 0 unspecified atom stereocenters. The van der Waals surface area contributed by atoms with Crippen molar-refractivity contribution < 1.29 is 23.7 Å². The molecule has 0 radical (unpaired) electrons. The Kier molecular flexibility index (Phi) is 31.8. The molecule has 0 rings (SSSR count). The highest BCUT2D eigenvalue weighted by Crippen LogP contribution is 2.13. The van der Waals surface area contributed by atoms with Crippen LogP contribution >= 0.6 is 0 Å². The largest absolute Gasteiger partial charge is 0.463 e. The van der Waals surface area contributed by atoms with E-state index >= 15 is 0 Å². The molecule has 0 aromatic heterocycles. The molecule has 5 nitrogen and oxygen atoms in total. The van der Waals surface area contributed by atoms with Gasteiger partial charge in [-0.1, -0.05) is 129 Å².